The van der Waals surface area contributed by atoms with Gasteiger partial charge in [-0.3, -0.25) is 14.2 Å². The molecule has 0 spiro atoms. The first kappa shape index (κ1) is 16.5. The molecule has 9 heteroatoms. The maximum absolute atomic E-state index is 12.8. The van der Waals surface area contributed by atoms with Gasteiger partial charge in [-0.05, 0) is 31.9 Å². The van der Waals surface area contributed by atoms with E-state index in [1.54, 1.807) is 16.9 Å². The molecule has 2 aromatic rings. The van der Waals surface area contributed by atoms with E-state index in [1.807, 2.05) is 6.92 Å². The molecule has 130 valence electrons. The Morgan fingerprint density at radius 3 is 2.75 bits per heavy atom. The molecule has 1 N–H and O–H groups in total. The highest BCUT2D eigenvalue weighted by Crippen LogP contribution is 2.42. The fourth-order valence-corrected chi connectivity index (χ4v) is 2.58. The van der Waals surface area contributed by atoms with E-state index in [2.05, 4.69) is 15.5 Å². The molecular weight excluding hydrogens is 323 g/mol. The summed E-state index contributed by atoms with van der Waals surface area (Å²) in [5, 5.41) is 10.4. The zero-order valence-electron chi connectivity index (χ0n) is 13.2. The Morgan fingerprint density at radius 1 is 1.38 bits per heavy atom. The first-order chi connectivity index (χ1) is 11.4. The predicted molar refractivity (Wildman–Crippen MR) is 79.0 cm³/mol. The van der Waals surface area contributed by atoms with Crippen molar-refractivity contribution in [2.24, 2.45) is 0 Å². The van der Waals surface area contributed by atoms with Crippen LogP contribution in [-0.2, 0) is 30.6 Å². The van der Waals surface area contributed by atoms with Crippen molar-refractivity contribution < 1.29 is 18.0 Å². The Morgan fingerprint density at radius 2 is 2.12 bits per heavy atom. The van der Waals surface area contributed by atoms with Gasteiger partial charge in [-0.1, -0.05) is 0 Å². The number of aryl methyl sites for hydroxylation is 1. The van der Waals surface area contributed by atoms with Gasteiger partial charge in [0.05, 0.1) is 12.2 Å². The van der Waals surface area contributed by atoms with Crippen LogP contribution in [0.4, 0.5) is 13.2 Å². The molecule has 0 saturated heterocycles. The smallest absolute Gasteiger partial charge is 0.349 e. The van der Waals surface area contributed by atoms with Gasteiger partial charge in [0.25, 0.3) is 0 Å². The van der Waals surface area contributed by atoms with E-state index in [9.17, 15) is 18.0 Å². The Hall–Kier alpha value is -2.32. The Labute approximate surface area is 136 Å². The van der Waals surface area contributed by atoms with Crippen molar-refractivity contribution in [1.82, 2.24) is 24.9 Å². The van der Waals surface area contributed by atoms with E-state index in [4.69, 9.17) is 0 Å². The summed E-state index contributed by atoms with van der Waals surface area (Å²) in [6.45, 7) is 2.67. The third kappa shape index (κ3) is 3.60. The van der Waals surface area contributed by atoms with Crippen LogP contribution in [0.3, 0.4) is 0 Å². The maximum atomic E-state index is 12.8. The highest BCUT2D eigenvalue weighted by atomic mass is 19.4. The van der Waals surface area contributed by atoms with Crippen molar-refractivity contribution in [1.29, 1.82) is 0 Å². The summed E-state index contributed by atoms with van der Waals surface area (Å²) in [5.74, 6) is -0.305. The average Bonchev–Trinajstić information content (AvgIpc) is 3.10. The Balaban J connectivity index is 1.66. The third-order valence-electron chi connectivity index (χ3n) is 3.96. The topological polar surface area (TPSA) is 64.7 Å². The zero-order chi connectivity index (χ0) is 17.3. The fraction of sp³-hybridized carbons (Fsp3) is 0.533. The number of carbonyl (C=O) groups is 1. The molecule has 3 rings (SSSR count). The van der Waals surface area contributed by atoms with E-state index < -0.39 is 11.9 Å². The van der Waals surface area contributed by atoms with Crippen molar-refractivity contribution in [3.05, 3.63) is 35.4 Å². The van der Waals surface area contributed by atoms with Crippen LogP contribution >= 0.6 is 0 Å². The van der Waals surface area contributed by atoms with Gasteiger partial charge in [0.1, 0.15) is 6.54 Å². The molecule has 6 nitrogen and oxygen atoms in total. The van der Waals surface area contributed by atoms with Crippen LogP contribution in [0.1, 0.15) is 42.8 Å². The van der Waals surface area contributed by atoms with Gasteiger partial charge in [0.15, 0.2) is 5.69 Å². The fourth-order valence-electron chi connectivity index (χ4n) is 2.58. The maximum Gasteiger partial charge on any atom is 0.435 e. The lowest BCUT2D eigenvalue weighted by Gasteiger charge is -2.09. The quantitative estimate of drug-likeness (QED) is 0.877. The lowest BCUT2D eigenvalue weighted by atomic mass is 10.2. The Kier molecular flexibility index (Phi) is 4.33. The summed E-state index contributed by atoms with van der Waals surface area (Å²) in [5.41, 5.74) is 0.377. The van der Waals surface area contributed by atoms with Gasteiger partial charge in [-0.2, -0.15) is 23.4 Å². The molecule has 0 radical (unpaired) electrons. The molecule has 0 bridgehead atoms. The molecule has 2 heterocycles. The highest BCUT2D eigenvalue weighted by Gasteiger charge is 2.38. The molecule has 0 aliphatic heterocycles. The normalized spacial score (nSPS) is 14.8. The third-order valence-corrected chi connectivity index (χ3v) is 3.96. The van der Waals surface area contributed by atoms with Crippen molar-refractivity contribution in [3.8, 4) is 0 Å². The van der Waals surface area contributed by atoms with Crippen molar-refractivity contribution in [2.75, 3.05) is 0 Å². The van der Waals surface area contributed by atoms with Crippen LogP contribution < -0.4 is 5.32 Å². The summed E-state index contributed by atoms with van der Waals surface area (Å²) >= 11 is 0. The van der Waals surface area contributed by atoms with Gasteiger partial charge in [-0.25, -0.2) is 0 Å². The number of nitrogens with zero attached hydrogens (tertiary/aromatic N) is 4. The van der Waals surface area contributed by atoms with Crippen LogP contribution in [0.25, 0.3) is 0 Å². The molecule has 1 aliphatic carbocycles. The van der Waals surface area contributed by atoms with Crippen molar-refractivity contribution in [2.45, 2.75) is 51.5 Å². The number of amides is 1. The zero-order valence-corrected chi connectivity index (χ0v) is 13.2. The summed E-state index contributed by atoms with van der Waals surface area (Å²) in [7, 11) is 0. The molecule has 24 heavy (non-hydrogen) atoms. The number of rotatable bonds is 6. The van der Waals surface area contributed by atoms with Crippen LogP contribution in [0.15, 0.2) is 18.3 Å². The van der Waals surface area contributed by atoms with E-state index in [0.717, 1.165) is 24.6 Å². The first-order valence-electron chi connectivity index (χ1n) is 7.80. The van der Waals surface area contributed by atoms with Crippen molar-refractivity contribution >= 4 is 5.91 Å². The summed E-state index contributed by atoms with van der Waals surface area (Å²) < 4.78 is 41.4. The second kappa shape index (κ2) is 6.29. The minimum atomic E-state index is -4.50. The number of carbonyl (C=O) groups excluding carboxylic acids is 1. The Bertz CT molecular complexity index is 730. The summed E-state index contributed by atoms with van der Waals surface area (Å²) in [6.07, 6.45) is -1.20. The number of hydrogen-bond donors (Lipinski definition) is 1. The lowest BCUT2D eigenvalue weighted by molar-refractivity contribution is -0.141. The molecular formula is C15H18F3N5O. The van der Waals surface area contributed by atoms with E-state index in [-0.39, 0.29) is 24.9 Å². The molecule has 0 unspecified atom stereocenters. The predicted octanol–water partition coefficient (Wildman–Crippen LogP) is 2.31. The highest BCUT2D eigenvalue weighted by molar-refractivity contribution is 5.75. The van der Waals surface area contributed by atoms with Crippen LogP contribution in [0.2, 0.25) is 0 Å². The second-order valence-electron chi connectivity index (χ2n) is 5.80. The second-order valence-corrected chi connectivity index (χ2v) is 5.80. The molecule has 0 aromatic carbocycles. The summed E-state index contributed by atoms with van der Waals surface area (Å²) in [4.78, 5) is 12.1. The molecule has 1 fully saturated rings. The van der Waals surface area contributed by atoms with Crippen molar-refractivity contribution in [3.63, 3.8) is 0 Å². The largest absolute Gasteiger partial charge is 0.435 e. The number of aromatic nitrogens is 4. The first-order valence-corrected chi connectivity index (χ1v) is 7.80. The molecule has 1 amide bonds. The number of hydrogen-bond acceptors (Lipinski definition) is 3. The lowest BCUT2D eigenvalue weighted by Crippen LogP contribution is -2.29. The minimum Gasteiger partial charge on any atom is -0.349 e. The minimum absolute atomic E-state index is 0.0722. The van der Waals surface area contributed by atoms with Crippen LogP contribution in [-0.4, -0.2) is 25.5 Å². The van der Waals surface area contributed by atoms with Gasteiger partial charge in [0.2, 0.25) is 5.91 Å². The van der Waals surface area contributed by atoms with Crippen LogP contribution in [0.5, 0.6) is 0 Å². The monoisotopic (exact) mass is 341 g/mol. The number of alkyl halides is 3. The molecule has 2 aromatic heterocycles. The average molecular weight is 341 g/mol. The van der Waals surface area contributed by atoms with Crippen LogP contribution in [0, 0.1) is 0 Å². The summed E-state index contributed by atoms with van der Waals surface area (Å²) in [6, 6.07) is 2.84. The standard InChI is InChI=1S/C15H18F3N5O/c1-2-22-11(5-6-20-22)8-19-14(24)9-23-12(10-3-4-10)7-13(21-23)15(16,17)18/h5-7,10H,2-4,8-9H2,1H3,(H,19,24). The molecule has 0 atom stereocenters. The van der Waals surface area contributed by atoms with E-state index in [1.165, 1.54) is 4.68 Å². The van der Waals surface area contributed by atoms with E-state index >= 15 is 0 Å². The van der Waals surface area contributed by atoms with Gasteiger partial charge >= 0.3 is 6.18 Å². The van der Waals surface area contributed by atoms with E-state index in [0.29, 0.717) is 12.2 Å². The molecule has 1 saturated carbocycles. The molecule has 1 aliphatic rings. The van der Waals surface area contributed by atoms with Gasteiger partial charge in [-0.15, -0.1) is 0 Å². The SMILES string of the molecule is CCn1nccc1CNC(=O)Cn1nc(C(F)(F)F)cc1C1CC1. The van der Waals surface area contributed by atoms with Gasteiger partial charge < -0.3 is 5.32 Å². The van der Waals surface area contributed by atoms with Gasteiger partial charge in [0, 0.05) is 24.4 Å². The number of nitrogens with one attached hydrogen (secondary N) is 1. The number of halogens is 3.